The predicted octanol–water partition coefficient (Wildman–Crippen LogP) is 2.45. The van der Waals surface area contributed by atoms with Crippen LogP contribution in [0.2, 0.25) is 0 Å². The molecule has 98 valence electrons. The Hall–Kier alpha value is -0.870. The molecule has 2 atom stereocenters. The number of hydrogen-bond acceptors (Lipinski definition) is 2. The molecule has 1 heterocycles. The van der Waals surface area contributed by atoms with Gasteiger partial charge in [0, 0.05) is 23.0 Å². The lowest BCUT2D eigenvalue weighted by Gasteiger charge is -2.27. The molecule has 1 amide bonds. The van der Waals surface area contributed by atoms with Gasteiger partial charge in [0.1, 0.15) is 0 Å². The minimum atomic E-state index is 0.164. The van der Waals surface area contributed by atoms with Gasteiger partial charge >= 0.3 is 0 Å². The van der Waals surface area contributed by atoms with Crippen LogP contribution in [0.3, 0.4) is 0 Å². The van der Waals surface area contributed by atoms with Crippen molar-refractivity contribution in [3.63, 3.8) is 0 Å². The van der Waals surface area contributed by atoms with Gasteiger partial charge in [0.05, 0.1) is 0 Å². The van der Waals surface area contributed by atoms with E-state index < -0.39 is 0 Å². The lowest BCUT2D eigenvalue weighted by Crippen LogP contribution is -2.42. The van der Waals surface area contributed by atoms with Crippen molar-refractivity contribution >= 4 is 21.8 Å². The zero-order valence-electron chi connectivity index (χ0n) is 10.6. The van der Waals surface area contributed by atoms with E-state index in [1.165, 1.54) is 0 Å². The van der Waals surface area contributed by atoms with E-state index in [-0.39, 0.29) is 11.8 Å². The number of carbonyl (C=O) groups is 1. The van der Waals surface area contributed by atoms with E-state index >= 15 is 0 Å². The number of nitrogens with one attached hydrogen (secondary N) is 2. The van der Waals surface area contributed by atoms with Gasteiger partial charge in [-0.2, -0.15) is 0 Å². The molecule has 18 heavy (non-hydrogen) atoms. The Morgan fingerprint density at radius 3 is 2.83 bits per heavy atom. The Morgan fingerprint density at radius 1 is 1.44 bits per heavy atom. The molecule has 1 aromatic rings. The first-order chi connectivity index (χ1) is 8.65. The number of halogens is 1. The Kier molecular flexibility index (Phi) is 4.78. The van der Waals surface area contributed by atoms with Crippen LogP contribution >= 0.6 is 15.9 Å². The van der Waals surface area contributed by atoms with E-state index in [1.54, 1.807) is 0 Å². The van der Waals surface area contributed by atoms with Crippen molar-refractivity contribution in [1.29, 1.82) is 0 Å². The highest BCUT2D eigenvalue weighted by Gasteiger charge is 2.24. The van der Waals surface area contributed by atoms with Crippen LogP contribution in [0.15, 0.2) is 28.7 Å². The highest BCUT2D eigenvalue weighted by Crippen LogP contribution is 2.16. The van der Waals surface area contributed by atoms with Gasteiger partial charge in [-0.1, -0.05) is 28.1 Å². The molecule has 2 rings (SSSR count). The number of hydrogen-bond donors (Lipinski definition) is 2. The third-order valence-electron chi connectivity index (χ3n) is 3.37. The summed E-state index contributed by atoms with van der Waals surface area (Å²) in [5.41, 5.74) is 1.13. The molecule has 1 aliphatic rings. The van der Waals surface area contributed by atoms with Crippen molar-refractivity contribution in [1.82, 2.24) is 10.6 Å². The molecule has 2 N–H and O–H groups in total. The molecule has 1 saturated heterocycles. The van der Waals surface area contributed by atoms with E-state index in [4.69, 9.17) is 0 Å². The van der Waals surface area contributed by atoms with Gasteiger partial charge in [-0.15, -0.1) is 0 Å². The maximum Gasteiger partial charge on any atom is 0.223 e. The minimum absolute atomic E-state index is 0.164. The Morgan fingerprint density at radius 2 is 2.17 bits per heavy atom. The lowest BCUT2D eigenvalue weighted by atomic mass is 9.92. The molecule has 1 aliphatic heterocycles. The second-order valence-corrected chi connectivity index (χ2v) is 5.84. The van der Waals surface area contributed by atoms with Gasteiger partial charge in [-0.3, -0.25) is 4.79 Å². The summed E-state index contributed by atoms with van der Waals surface area (Å²) < 4.78 is 1.06. The summed E-state index contributed by atoms with van der Waals surface area (Å²) in [5.74, 6) is 0.350. The highest BCUT2D eigenvalue weighted by molar-refractivity contribution is 9.10. The summed E-state index contributed by atoms with van der Waals surface area (Å²) in [6.07, 6.45) is 1.88. The number of benzene rings is 1. The Labute approximate surface area is 116 Å². The Bertz CT molecular complexity index is 405. The summed E-state index contributed by atoms with van der Waals surface area (Å²) in [5, 5.41) is 6.39. The monoisotopic (exact) mass is 310 g/mol. The van der Waals surface area contributed by atoms with Crippen LogP contribution in [-0.2, 0) is 11.3 Å². The first-order valence-electron chi connectivity index (χ1n) is 6.40. The van der Waals surface area contributed by atoms with Crippen LogP contribution in [0.1, 0.15) is 25.3 Å². The SMILES string of the molecule is C[C@H]1C[C@@H](C(=O)NCc2ccc(Br)cc2)CCN1. The number of piperidine rings is 1. The van der Waals surface area contributed by atoms with E-state index in [9.17, 15) is 4.79 Å². The smallest absolute Gasteiger partial charge is 0.223 e. The average Bonchev–Trinajstić information content (AvgIpc) is 2.38. The van der Waals surface area contributed by atoms with Crippen LogP contribution in [-0.4, -0.2) is 18.5 Å². The third-order valence-corrected chi connectivity index (χ3v) is 3.90. The molecule has 0 saturated carbocycles. The number of carbonyl (C=O) groups excluding carboxylic acids is 1. The fraction of sp³-hybridized carbons (Fsp3) is 0.500. The quantitative estimate of drug-likeness (QED) is 0.900. The second-order valence-electron chi connectivity index (χ2n) is 4.92. The van der Waals surface area contributed by atoms with Crippen molar-refractivity contribution in [2.75, 3.05) is 6.54 Å². The molecule has 0 aliphatic carbocycles. The van der Waals surface area contributed by atoms with Crippen LogP contribution in [0.4, 0.5) is 0 Å². The van der Waals surface area contributed by atoms with Gasteiger partial charge in [0.2, 0.25) is 5.91 Å². The van der Waals surface area contributed by atoms with Crippen molar-refractivity contribution in [3.8, 4) is 0 Å². The molecule has 0 aromatic heterocycles. The molecular formula is C14H19BrN2O. The molecule has 3 nitrogen and oxygen atoms in total. The third kappa shape index (κ3) is 3.82. The average molecular weight is 311 g/mol. The van der Waals surface area contributed by atoms with Crippen LogP contribution in [0, 0.1) is 5.92 Å². The van der Waals surface area contributed by atoms with Gasteiger partial charge in [0.25, 0.3) is 0 Å². The van der Waals surface area contributed by atoms with Crippen molar-refractivity contribution in [2.45, 2.75) is 32.4 Å². The molecule has 1 aromatic carbocycles. The zero-order chi connectivity index (χ0) is 13.0. The fourth-order valence-corrected chi connectivity index (χ4v) is 2.57. The molecular weight excluding hydrogens is 292 g/mol. The van der Waals surface area contributed by atoms with E-state index in [0.717, 1.165) is 29.4 Å². The summed E-state index contributed by atoms with van der Waals surface area (Å²) >= 11 is 3.40. The predicted molar refractivity (Wildman–Crippen MR) is 76.2 cm³/mol. The van der Waals surface area contributed by atoms with Crippen molar-refractivity contribution in [3.05, 3.63) is 34.3 Å². The molecule has 1 fully saturated rings. The molecule has 4 heteroatoms. The maximum atomic E-state index is 12.0. The van der Waals surface area contributed by atoms with Crippen LogP contribution in [0.5, 0.6) is 0 Å². The highest BCUT2D eigenvalue weighted by atomic mass is 79.9. The number of amides is 1. The standard InChI is InChI=1S/C14H19BrN2O/c1-10-8-12(6-7-16-10)14(18)17-9-11-2-4-13(15)5-3-11/h2-5,10,12,16H,6-9H2,1H3,(H,17,18)/t10-,12-/m0/s1. The fourth-order valence-electron chi connectivity index (χ4n) is 2.31. The Balaban J connectivity index is 1.82. The molecule has 0 bridgehead atoms. The van der Waals surface area contributed by atoms with E-state index in [2.05, 4.69) is 33.5 Å². The van der Waals surface area contributed by atoms with E-state index in [0.29, 0.717) is 12.6 Å². The van der Waals surface area contributed by atoms with Crippen LogP contribution < -0.4 is 10.6 Å². The zero-order valence-corrected chi connectivity index (χ0v) is 12.2. The second kappa shape index (κ2) is 6.34. The summed E-state index contributed by atoms with van der Waals surface area (Å²) in [6.45, 7) is 3.69. The summed E-state index contributed by atoms with van der Waals surface area (Å²) in [6, 6.07) is 8.48. The molecule has 0 spiro atoms. The van der Waals surface area contributed by atoms with Gasteiger partial charge in [-0.25, -0.2) is 0 Å². The van der Waals surface area contributed by atoms with Gasteiger partial charge < -0.3 is 10.6 Å². The molecule has 0 radical (unpaired) electrons. The van der Waals surface area contributed by atoms with Crippen molar-refractivity contribution in [2.24, 2.45) is 5.92 Å². The summed E-state index contributed by atoms with van der Waals surface area (Å²) in [4.78, 5) is 12.0. The maximum absolute atomic E-state index is 12.0. The number of rotatable bonds is 3. The van der Waals surface area contributed by atoms with Crippen LogP contribution in [0.25, 0.3) is 0 Å². The molecule has 0 unspecified atom stereocenters. The first kappa shape index (κ1) is 13.6. The van der Waals surface area contributed by atoms with E-state index in [1.807, 2.05) is 24.3 Å². The normalized spacial score (nSPS) is 23.7. The van der Waals surface area contributed by atoms with Gasteiger partial charge in [0.15, 0.2) is 0 Å². The summed E-state index contributed by atoms with van der Waals surface area (Å²) in [7, 11) is 0. The first-order valence-corrected chi connectivity index (χ1v) is 7.20. The van der Waals surface area contributed by atoms with Crippen molar-refractivity contribution < 1.29 is 4.79 Å². The lowest BCUT2D eigenvalue weighted by molar-refractivity contribution is -0.126. The minimum Gasteiger partial charge on any atom is -0.352 e. The van der Waals surface area contributed by atoms with Gasteiger partial charge in [-0.05, 0) is 44.0 Å². The largest absolute Gasteiger partial charge is 0.352 e. The topological polar surface area (TPSA) is 41.1 Å².